The van der Waals surface area contributed by atoms with Crippen molar-refractivity contribution in [3.8, 4) is 0 Å². The molecule has 11 heteroatoms. The summed E-state index contributed by atoms with van der Waals surface area (Å²) in [5, 5.41) is 8.45. The van der Waals surface area contributed by atoms with E-state index in [2.05, 4.69) is 10.4 Å². The summed E-state index contributed by atoms with van der Waals surface area (Å²) in [4.78, 5) is 53.9. The summed E-state index contributed by atoms with van der Waals surface area (Å²) in [7, 11) is 0. The van der Waals surface area contributed by atoms with Gasteiger partial charge in [0.15, 0.2) is 0 Å². The first-order valence-corrected chi connectivity index (χ1v) is 13.7. The third kappa shape index (κ3) is 7.71. The highest BCUT2D eigenvalue weighted by Gasteiger charge is 2.57. The van der Waals surface area contributed by atoms with Crippen molar-refractivity contribution in [3.05, 3.63) is 34.9 Å². The predicted octanol–water partition coefficient (Wildman–Crippen LogP) is 4.97. The van der Waals surface area contributed by atoms with Crippen LogP contribution >= 0.6 is 11.6 Å². The van der Waals surface area contributed by atoms with Crippen molar-refractivity contribution in [2.45, 2.75) is 91.0 Å². The Morgan fingerprint density at radius 3 is 2.31 bits per heavy atom. The minimum Gasteiger partial charge on any atom is -0.465 e. The number of rotatable bonds is 7. The molecule has 0 unspecified atom stereocenters. The van der Waals surface area contributed by atoms with Crippen molar-refractivity contribution >= 4 is 41.3 Å². The third-order valence-corrected chi connectivity index (χ3v) is 6.94. The molecule has 2 aliphatic rings. The molecule has 1 N–H and O–H groups in total. The number of hydrogen-bond acceptors (Lipinski definition) is 8. The van der Waals surface area contributed by atoms with Gasteiger partial charge in [-0.1, -0.05) is 43.0 Å². The van der Waals surface area contributed by atoms with Crippen molar-refractivity contribution in [2.24, 2.45) is 16.9 Å². The highest BCUT2D eigenvalue weighted by Crippen LogP contribution is 2.34. The van der Waals surface area contributed by atoms with Gasteiger partial charge in [0.2, 0.25) is 11.6 Å². The number of amides is 2. The monoisotopic (exact) mass is 563 g/mol. The largest absolute Gasteiger partial charge is 0.465 e. The van der Waals surface area contributed by atoms with Gasteiger partial charge in [-0.25, -0.2) is 9.59 Å². The number of hydrogen-bond donors (Lipinski definition) is 1. The van der Waals surface area contributed by atoms with E-state index in [9.17, 15) is 19.2 Å². The molecule has 1 aromatic rings. The Morgan fingerprint density at radius 2 is 1.72 bits per heavy atom. The Balaban J connectivity index is 2.05. The van der Waals surface area contributed by atoms with Crippen molar-refractivity contribution in [1.82, 2.24) is 10.3 Å². The molecule has 0 aromatic heterocycles. The maximum absolute atomic E-state index is 14.0. The molecule has 10 nitrogen and oxygen atoms in total. The fourth-order valence-corrected chi connectivity index (χ4v) is 4.81. The van der Waals surface area contributed by atoms with Crippen LogP contribution < -0.4 is 5.32 Å². The van der Waals surface area contributed by atoms with Crippen molar-refractivity contribution in [2.75, 3.05) is 6.61 Å². The second kappa shape index (κ2) is 12.8. The van der Waals surface area contributed by atoms with Gasteiger partial charge in [0.05, 0.1) is 12.3 Å². The molecule has 1 fully saturated rings. The summed E-state index contributed by atoms with van der Waals surface area (Å²) in [6, 6.07) is 6.70. The highest BCUT2D eigenvalue weighted by molar-refractivity contribution is 6.30. The van der Waals surface area contributed by atoms with E-state index in [0.717, 1.165) is 24.3 Å². The third-order valence-electron chi connectivity index (χ3n) is 6.69. The van der Waals surface area contributed by atoms with Crippen molar-refractivity contribution in [3.63, 3.8) is 0 Å². The van der Waals surface area contributed by atoms with E-state index in [1.807, 2.05) is 0 Å². The minimum absolute atomic E-state index is 0.112. The van der Waals surface area contributed by atoms with E-state index in [-0.39, 0.29) is 31.3 Å². The van der Waals surface area contributed by atoms with Gasteiger partial charge in [0.25, 0.3) is 0 Å². The fourth-order valence-electron chi connectivity index (χ4n) is 4.69. The number of nitrogens with zero attached hydrogens (tertiary/aromatic N) is 2. The summed E-state index contributed by atoms with van der Waals surface area (Å²) in [6.45, 7) is 8.20. The Morgan fingerprint density at radius 1 is 1.08 bits per heavy atom. The Labute approximate surface area is 234 Å². The van der Waals surface area contributed by atoms with Crippen LogP contribution in [0.25, 0.3) is 0 Å². The van der Waals surface area contributed by atoms with Gasteiger partial charge in [0, 0.05) is 17.4 Å². The molecule has 0 bridgehead atoms. The van der Waals surface area contributed by atoms with Crippen LogP contribution in [0.2, 0.25) is 5.02 Å². The number of carbonyl (C=O) groups excluding carboxylic acids is 4. The van der Waals surface area contributed by atoms with Crippen LogP contribution in [0.4, 0.5) is 4.79 Å². The predicted molar refractivity (Wildman–Crippen MR) is 145 cm³/mol. The molecule has 2 amide bonds. The molecule has 1 aliphatic carbocycles. The standard InChI is InChI=1S/C28H38ClN3O7/c1-6-37-24(34)22-16-28(30-23(33)20-10-8-7-9-11-20,25(35)38-17-19-12-14-21(29)15-13-19)32(31-18(22)2)26(36)39-27(3,4)5/h12-15,20,22H,6-11,16-17H2,1-5H3,(H,30,33)/t22-,28-/m1/s1. The van der Waals surface area contributed by atoms with E-state index in [1.165, 1.54) is 0 Å². The van der Waals surface area contributed by atoms with E-state index >= 15 is 0 Å². The van der Waals surface area contributed by atoms with E-state index in [0.29, 0.717) is 23.4 Å². The number of halogens is 1. The van der Waals surface area contributed by atoms with Crippen LogP contribution in [-0.2, 0) is 35.2 Å². The van der Waals surface area contributed by atoms with Crippen molar-refractivity contribution < 1.29 is 33.4 Å². The fraction of sp³-hybridized carbons (Fsp3) is 0.607. The normalized spacial score (nSPS) is 21.9. The van der Waals surface area contributed by atoms with Crippen molar-refractivity contribution in [1.29, 1.82) is 0 Å². The van der Waals surface area contributed by atoms with Gasteiger partial charge >= 0.3 is 18.0 Å². The first-order valence-electron chi connectivity index (χ1n) is 13.3. The molecule has 2 atom stereocenters. The van der Waals surface area contributed by atoms with Gasteiger partial charge in [-0.15, -0.1) is 0 Å². The summed E-state index contributed by atoms with van der Waals surface area (Å²) in [5.74, 6) is -3.34. The Kier molecular flexibility index (Phi) is 9.98. The lowest BCUT2D eigenvalue weighted by molar-refractivity contribution is -0.169. The molecule has 0 radical (unpaired) electrons. The topological polar surface area (TPSA) is 124 Å². The molecule has 0 saturated heterocycles. The average Bonchev–Trinajstić information content (AvgIpc) is 2.88. The number of nitrogens with one attached hydrogen (secondary N) is 1. The minimum atomic E-state index is -2.14. The van der Waals surface area contributed by atoms with Gasteiger partial charge < -0.3 is 19.5 Å². The van der Waals surface area contributed by atoms with Gasteiger partial charge in [-0.3, -0.25) is 9.59 Å². The SMILES string of the molecule is CCOC(=O)[C@@H]1C[C@](NC(=O)C2CCCCC2)(C(=O)OCc2ccc(Cl)cc2)N(C(=O)OC(C)(C)C)N=C1C. The second-order valence-corrected chi connectivity index (χ2v) is 11.4. The van der Waals surface area contributed by atoms with Crippen LogP contribution in [0.5, 0.6) is 0 Å². The molecule has 1 heterocycles. The number of carbonyl (C=O) groups is 4. The van der Waals surface area contributed by atoms with Crippen LogP contribution in [0.15, 0.2) is 29.4 Å². The quantitative estimate of drug-likeness (QED) is 0.367. The number of benzene rings is 1. The molecule has 1 aromatic carbocycles. The van der Waals surface area contributed by atoms with Crippen LogP contribution in [0, 0.1) is 11.8 Å². The Hall–Kier alpha value is -3.14. The lowest BCUT2D eigenvalue weighted by Gasteiger charge is -2.44. The number of hydrazone groups is 1. The summed E-state index contributed by atoms with van der Waals surface area (Å²) in [5.41, 5.74) is -2.18. The molecule has 214 valence electrons. The van der Waals surface area contributed by atoms with E-state index in [4.69, 9.17) is 25.8 Å². The number of esters is 2. The maximum atomic E-state index is 14.0. The summed E-state index contributed by atoms with van der Waals surface area (Å²) < 4.78 is 16.5. The summed E-state index contributed by atoms with van der Waals surface area (Å²) >= 11 is 5.97. The molecular weight excluding hydrogens is 526 g/mol. The Bertz CT molecular complexity index is 1090. The van der Waals surface area contributed by atoms with Gasteiger partial charge in [0.1, 0.15) is 18.1 Å². The second-order valence-electron chi connectivity index (χ2n) is 10.9. The zero-order chi connectivity index (χ0) is 28.8. The molecule has 0 spiro atoms. The molecule has 1 saturated carbocycles. The van der Waals surface area contributed by atoms with Crippen LogP contribution in [-0.4, -0.2) is 52.5 Å². The van der Waals surface area contributed by atoms with E-state index < -0.39 is 41.1 Å². The number of ether oxygens (including phenoxy) is 3. The van der Waals surface area contributed by atoms with Gasteiger partial charge in [-0.2, -0.15) is 10.1 Å². The lowest BCUT2D eigenvalue weighted by Crippen LogP contribution is -2.70. The van der Waals surface area contributed by atoms with Gasteiger partial charge in [-0.05, 0) is 65.2 Å². The summed E-state index contributed by atoms with van der Waals surface area (Å²) in [6.07, 6.45) is 2.80. The smallest absolute Gasteiger partial charge is 0.433 e. The van der Waals surface area contributed by atoms with Crippen LogP contribution in [0.3, 0.4) is 0 Å². The lowest BCUT2D eigenvalue weighted by atomic mass is 9.85. The highest BCUT2D eigenvalue weighted by atomic mass is 35.5. The molecular formula is C28H38ClN3O7. The molecule has 1 aliphatic heterocycles. The zero-order valence-electron chi connectivity index (χ0n) is 23.3. The van der Waals surface area contributed by atoms with Crippen LogP contribution in [0.1, 0.15) is 78.7 Å². The molecule has 39 heavy (non-hydrogen) atoms. The molecule has 3 rings (SSSR count). The first-order chi connectivity index (χ1) is 18.4. The average molecular weight is 564 g/mol. The first kappa shape index (κ1) is 30.4. The maximum Gasteiger partial charge on any atom is 0.433 e. The zero-order valence-corrected chi connectivity index (χ0v) is 24.0. The van der Waals surface area contributed by atoms with E-state index in [1.54, 1.807) is 58.9 Å².